The first-order chi connectivity index (χ1) is 28.7. The van der Waals surface area contributed by atoms with E-state index in [4.69, 9.17) is 23.7 Å². The SMILES string of the molecule is C=C(c1cc(OC)c(OCc2cc(COc3cc(NN(C)c4ccccc4CC)c(C=O)cc3OC)cc(CSC(C)COCC)c2)cc1C)N1CCc2ccccc21. The lowest BCUT2D eigenvalue weighted by Crippen LogP contribution is -2.26. The third kappa shape index (κ3) is 10.5. The molecule has 5 aromatic rings. The Balaban J connectivity index is 1.23. The molecule has 10 heteroatoms. The lowest BCUT2D eigenvalue weighted by molar-refractivity contribution is 0.112. The summed E-state index contributed by atoms with van der Waals surface area (Å²) in [7, 11) is 5.19. The van der Waals surface area contributed by atoms with Gasteiger partial charge in [0.05, 0.1) is 32.2 Å². The maximum absolute atomic E-state index is 12.2. The second-order valence-corrected chi connectivity index (χ2v) is 16.1. The van der Waals surface area contributed by atoms with Gasteiger partial charge in [-0.2, -0.15) is 11.8 Å². The molecule has 0 amide bonds. The highest BCUT2D eigenvalue weighted by Gasteiger charge is 2.24. The van der Waals surface area contributed by atoms with Crippen molar-refractivity contribution < 1.29 is 28.5 Å². The van der Waals surface area contributed by atoms with E-state index in [0.29, 0.717) is 59.3 Å². The summed E-state index contributed by atoms with van der Waals surface area (Å²) in [5, 5.41) is 2.25. The van der Waals surface area contributed by atoms with Crippen molar-refractivity contribution in [2.24, 2.45) is 0 Å². The molecule has 1 unspecified atom stereocenters. The molecule has 1 aliphatic rings. The summed E-state index contributed by atoms with van der Waals surface area (Å²) < 4.78 is 30.3. The van der Waals surface area contributed by atoms with Gasteiger partial charge in [0.2, 0.25) is 0 Å². The predicted octanol–water partition coefficient (Wildman–Crippen LogP) is 10.7. The number of thioether (sulfide) groups is 1. The zero-order valence-corrected chi connectivity index (χ0v) is 36.2. The number of nitrogens with zero attached hydrogens (tertiary/aromatic N) is 2. The fraction of sp³-hybridized carbons (Fsp3) is 0.327. The number of carbonyl (C=O) groups is 1. The van der Waals surface area contributed by atoms with Gasteiger partial charge in [-0.15, -0.1) is 0 Å². The molecule has 310 valence electrons. The molecule has 9 nitrogen and oxygen atoms in total. The van der Waals surface area contributed by atoms with Crippen LogP contribution < -0.4 is 34.3 Å². The Morgan fingerprint density at radius 3 is 2.24 bits per heavy atom. The number of aryl methyl sites for hydroxylation is 2. The fourth-order valence-electron chi connectivity index (χ4n) is 7.41. The van der Waals surface area contributed by atoms with Crippen molar-refractivity contribution in [1.29, 1.82) is 0 Å². The maximum Gasteiger partial charge on any atom is 0.163 e. The molecule has 0 spiro atoms. The molecule has 5 aromatic carbocycles. The molecular formula is C49H57N3O6S. The highest BCUT2D eigenvalue weighted by atomic mass is 32.2. The third-order valence-corrected chi connectivity index (χ3v) is 11.7. The molecular weight excluding hydrogens is 759 g/mol. The van der Waals surface area contributed by atoms with Gasteiger partial charge in [0.15, 0.2) is 29.3 Å². The molecule has 1 heterocycles. The predicted molar refractivity (Wildman–Crippen MR) is 243 cm³/mol. The largest absolute Gasteiger partial charge is 0.493 e. The molecule has 0 bridgehead atoms. The Hall–Kier alpha value is -5.58. The van der Waals surface area contributed by atoms with E-state index < -0.39 is 0 Å². The maximum atomic E-state index is 12.2. The average molecular weight is 816 g/mol. The van der Waals surface area contributed by atoms with E-state index in [1.165, 1.54) is 16.8 Å². The van der Waals surface area contributed by atoms with Crippen LogP contribution in [0, 0.1) is 6.92 Å². The number of aldehydes is 1. The van der Waals surface area contributed by atoms with Crippen molar-refractivity contribution in [3.8, 4) is 23.0 Å². The standard InChI is InChI=1S/C49H57N3O6S/c1-9-39-15-11-13-17-44(39)51(6)50-43-27-49(46(54-7)25-41(43)28-53)58-31-37-22-36(23-38(24-37)32-59-34(4)29-56-10-2)30-57-48-21-33(3)42(26-47(48)55-8)35(5)52-20-19-40-16-12-14-18-45(40)52/h11-18,21-28,34,50H,5,9-10,19-20,29-32H2,1-4,6-8H3. The van der Waals surface area contributed by atoms with Gasteiger partial charge in [0, 0.05) is 59.8 Å². The lowest BCUT2D eigenvalue weighted by Gasteiger charge is -2.25. The van der Waals surface area contributed by atoms with E-state index in [9.17, 15) is 4.79 Å². The Kier molecular flexibility index (Phi) is 14.9. The topological polar surface area (TPSA) is 81.7 Å². The lowest BCUT2D eigenvalue weighted by atomic mass is 10.0. The number of hydrogen-bond donors (Lipinski definition) is 1. The van der Waals surface area contributed by atoms with E-state index in [1.54, 1.807) is 20.3 Å². The molecule has 6 rings (SSSR count). The van der Waals surface area contributed by atoms with Gasteiger partial charge in [0.25, 0.3) is 0 Å². The summed E-state index contributed by atoms with van der Waals surface area (Å²) in [5.41, 5.74) is 15.4. The van der Waals surface area contributed by atoms with Crippen LogP contribution in [0.15, 0.2) is 97.6 Å². The van der Waals surface area contributed by atoms with Gasteiger partial charge in [-0.05, 0) is 96.5 Å². The van der Waals surface area contributed by atoms with Crippen LogP contribution in [0.2, 0.25) is 0 Å². The number of fused-ring (bicyclic) bond motifs is 1. The minimum absolute atomic E-state index is 0.267. The Bertz CT molecular complexity index is 2240. The van der Waals surface area contributed by atoms with Crippen LogP contribution in [0.1, 0.15) is 70.1 Å². The monoisotopic (exact) mass is 815 g/mol. The number of nitrogens with one attached hydrogen (secondary N) is 1. The van der Waals surface area contributed by atoms with Crippen LogP contribution in [0.4, 0.5) is 17.1 Å². The first-order valence-electron chi connectivity index (χ1n) is 20.2. The van der Waals surface area contributed by atoms with Crippen molar-refractivity contribution >= 4 is 40.8 Å². The number of hydrogen-bond acceptors (Lipinski definition) is 10. The van der Waals surface area contributed by atoms with Gasteiger partial charge < -0.3 is 28.6 Å². The summed E-state index contributed by atoms with van der Waals surface area (Å²) in [5.74, 6) is 3.10. The smallest absolute Gasteiger partial charge is 0.163 e. The van der Waals surface area contributed by atoms with Crippen LogP contribution in [0.25, 0.3) is 5.70 Å². The van der Waals surface area contributed by atoms with Gasteiger partial charge in [-0.1, -0.05) is 69.0 Å². The number of para-hydroxylation sites is 2. The van der Waals surface area contributed by atoms with Crippen molar-refractivity contribution in [3.05, 3.63) is 142 Å². The summed E-state index contributed by atoms with van der Waals surface area (Å²) in [6.07, 6.45) is 2.69. The van der Waals surface area contributed by atoms with Gasteiger partial charge in [-0.25, -0.2) is 0 Å². The number of anilines is 3. The Morgan fingerprint density at radius 2 is 1.54 bits per heavy atom. The van der Waals surface area contributed by atoms with Gasteiger partial charge >= 0.3 is 0 Å². The number of carbonyl (C=O) groups excluding carboxylic acids is 1. The summed E-state index contributed by atoms with van der Waals surface area (Å²) in [6, 6.07) is 30.8. The molecule has 1 atom stereocenters. The Labute approximate surface area is 354 Å². The minimum atomic E-state index is 0.267. The number of benzene rings is 5. The molecule has 0 radical (unpaired) electrons. The summed E-state index contributed by atoms with van der Waals surface area (Å²) in [4.78, 5) is 14.5. The summed E-state index contributed by atoms with van der Waals surface area (Å²) in [6.45, 7) is 15.8. The number of rotatable bonds is 21. The minimum Gasteiger partial charge on any atom is -0.493 e. The number of hydrazine groups is 1. The van der Waals surface area contributed by atoms with Crippen LogP contribution in [0.5, 0.6) is 23.0 Å². The molecule has 0 fully saturated rings. The highest BCUT2D eigenvalue weighted by molar-refractivity contribution is 7.99. The average Bonchev–Trinajstić information content (AvgIpc) is 3.70. The van der Waals surface area contributed by atoms with Crippen LogP contribution in [-0.2, 0) is 36.5 Å². The molecule has 1 aliphatic heterocycles. The molecule has 0 aromatic heterocycles. The zero-order valence-electron chi connectivity index (χ0n) is 35.4. The van der Waals surface area contributed by atoms with E-state index in [2.05, 4.69) is 92.3 Å². The second kappa shape index (κ2) is 20.4. The van der Waals surface area contributed by atoms with Crippen molar-refractivity contribution in [3.63, 3.8) is 0 Å². The zero-order chi connectivity index (χ0) is 41.9. The number of ether oxygens (including phenoxy) is 5. The van der Waals surface area contributed by atoms with Crippen LogP contribution in [-0.4, -0.2) is 52.6 Å². The molecule has 0 aliphatic carbocycles. The van der Waals surface area contributed by atoms with Crippen molar-refractivity contribution in [1.82, 2.24) is 0 Å². The van der Waals surface area contributed by atoms with Gasteiger partial charge in [0.1, 0.15) is 13.2 Å². The highest BCUT2D eigenvalue weighted by Crippen LogP contribution is 2.39. The van der Waals surface area contributed by atoms with E-state index in [1.807, 2.05) is 61.1 Å². The van der Waals surface area contributed by atoms with Crippen LogP contribution in [0.3, 0.4) is 0 Å². The quantitative estimate of drug-likeness (QED) is 0.0571. The second-order valence-electron chi connectivity index (χ2n) is 14.7. The third-order valence-electron chi connectivity index (χ3n) is 10.5. The number of methoxy groups -OCH3 is 2. The molecule has 0 saturated heterocycles. The van der Waals surface area contributed by atoms with E-state index in [-0.39, 0.29) is 6.61 Å². The van der Waals surface area contributed by atoms with E-state index >= 15 is 0 Å². The van der Waals surface area contributed by atoms with Crippen LogP contribution >= 0.6 is 11.8 Å². The van der Waals surface area contributed by atoms with Crippen molar-refractivity contribution in [2.45, 2.75) is 64.8 Å². The normalized spacial score (nSPS) is 12.4. The summed E-state index contributed by atoms with van der Waals surface area (Å²) >= 11 is 1.85. The van der Waals surface area contributed by atoms with Gasteiger partial charge in [-0.3, -0.25) is 15.2 Å². The molecule has 0 saturated carbocycles. The fourth-order valence-corrected chi connectivity index (χ4v) is 8.25. The van der Waals surface area contributed by atoms with Crippen molar-refractivity contribution in [2.75, 3.05) is 56.4 Å². The van der Waals surface area contributed by atoms with E-state index in [0.717, 1.165) is 70.6 Å². The first kappa shape index (κ1) is 43.0. The molecule has 1 N–H and O–H groups in total. The molecule has 59 heavy (non-hydrogen) atoms. The Morgan fingerprint density at radius 1 is 0.881 bits per heavy atom. The first-order valence-corrected chi connectivity index (χ1v) is 21.3.